The second-order valence-corrected chi connectivity index (χ2v) is 9.42. The molecule has 0 saturated heterocycles. The summed E-state index contributed by atoms with van der Waals surface area (Å²) in [6, 6.07) is 17.6. The van der Waals surface area contributed by atoms with Gasteiger partial charge in [-0.2, -0.15) is 5.10 Å². The Morgan fingerprint density at radius 3 is 2.48 bits per heavy atom. The minimum atomic E-state index is -0.503. The number of aromatic nitrogens is 2. The molecule has 4 rings (SSSR count). The topological polar surface area (TPSA) is 76.0 Å². The maximum atomic E-state index is 12.8. The van der Waals surface area contributed by atoms with E-state index in [1.54, 1.807) is 28.9 Å². The van der Waals surface area contributed by atoms with Gasteiger partial charge in [-0.25, -0.2) is 9.48 Å². The van der Waals surface area contributed by atoms with E-state index in [0.717, 1.165) is 22.8 Å². The lowest BCUT2D eigenvalue weighted by atomic mass is 9.92. The van der Waals surface area contributed by atoms with Gasteiger partial charge in [0, 0.05) is 17.0 Å². The number of carbonyl (C=O) groups is 2. The summed E-state index contributed by atoms with van der Waals surface area (Å²) in [7, 11) is 0. The van der Waals surface area contributed by atoms with Crippen LogP contribution in [-0.2, 0) is 5.41 Å². The van der Waals surface area contributed by atoms with Gasteiger partial charge in [0.15, 0.2) is 6.29 Å². The Bertz CT molecular complexity index is 1370. The molecule has 3 aromatic carbocycles. The number of carbonyl (C=O) groups excluding carboxylic acids is 2. The van der Waals surface area contributed by atoms with E-state index in [-0.39, 0.29) is 10.4 Å². The van der Waals surface area contributed by atoms with Gasteiger partial charge in [-0.05, 0) is 35.0 Å². The van der Waals surface area contributed by atoms with Crippen LogP contribution in [0.4, 0.5) is 16.3 Å². The number of urea groups is 1. The fourth-order valence-corrected chi connectivity index (χ4v) is 3.80. The summed E-state index contributed by atoms with van der Waals surface area (Å²) < 4.78 is 1.62. The zero-order chi connectivity index (χ0) is 23.8. The first kappa shape index (κ1) is 22.8. The zero-order valence-electron chi connectivity index (χ0n) is 18.3. The monoisotopic (exact) mass is 480 g/mol. The van der Waals surface area contributed by atoms with E-state index in [9.17, 15) is 9.59 Å². The molecule has 0 saturated carbocycles. The normalized spacial score (nSPS) is 11.4. The SMILES string of the molecule is CC(C)(C)c1cc(NC(=O)Nc2cccc(Cl)c2Cl)n(-c2cc(C=O)c3ccccc3c2)n1. The molecule has 0 fully saturated rings. The van der Waals surface area contributed by atoms with Crippen LogP contribution < -0.4 is 10.6 Å². The Balaban J connectivity index is 1.76. The fraction of sp³-hybridized carbons (Fsp3) is 0.160. The molecule has 4 aromatic rings. The second kappa shape index (κ2) is 8.89. The molecule has 2 amide bonds. The van der Waals surface area contributed by atoms with Crippen molar-refractivity contribution in [2.45, 2.75) is 26.2 Å². The van der Waals surface area contributed by atoms with Crippen LogP contribution in [0.25, 0.3) is 16.5 Å². The summed E-state index contributed by atoms with van der Waals surface area (Å²) in [6.07, 6.45) is 0.820. The third-order valence-corrected chi connectivity index (χ3v) is 5.99. The van der Waals surface area contributed by atoms with Crippen LogP contribution in [0.2, 0.25) is 10.0 Å². The molecule has 1 heterocycles. The Hall–Kier alpha value is -3.35. The van der Waals surface area contributed by atoms with Gasteiger partial charge < -0.3 is 5.32 Å². The molecular weight excluding hydrogens is 459 g/mol. The van der Waals surface area contributed by atoms with Gasteiger partial charge in [0.05, 0.1) is 27.1 Å². The summed E-state index contributed by atoms with van der Waals surface area (Å²) in [4.78, 5) is 24.6. The predicted octanol–water partition coefficient (Wildman–Crippen LogP) is 7.09. The number of benzene rings is 3. The smallest absolute Gasteiger partial charge is 0.306 e. The van der Waals surface area contributed by atoms with Crippen molar-refractivity contribution in [1.82, 2.24) is 9.78 Å². The molecular formula is C25H22Cl2N4O2. The van der Waals surface area contributed by atoms with Gasteiger partial charge in [-0.1, -0.05) is 74.3 Å². The van der Waals surface area contributed by atoms with Crippen molar-refractivity contribution in [3.8, 4) is 5.69 Å². The molecule has 0 atom stereocenters. The molecule has 0 aliphatic carbocycles. The van der Waals surface area contributed by atoms with Crippen LogP contribution in [0.1, 0.15) is 36.8 Å². The molecule has 2 N–H and O–H groups in total. The Labute approximate surface area is 201 Å². The lowest BCUT2D eigenvalue weighted by Gasteiger charge is -2.14. The molecule has 6 nitrogen and oxygen atoms in total. The largest absolute Gasteiger partial charge is 0.324 e. The number of nitrogens with one attached hydrogen (secondary N) is 2. The fourth-order valence-electron chi connectivity index (χ4n) is 3.45. The molecule has 8 heteroatoms. The maximum absolute atomic E-state index is 12.8. The van der Waals surface area contributed by atoms with E-state index in [1.165, 1.54) is 0 Å². The van der Waals surface area contributed by atoms with E-state index in [1.807, 2.05) is 57.2 Å². The van der Waals surface area contributed by atoms with Crippen LogP contribution >= 0.6 is 23.2 Å². The van der Waals surface area contributed by atoms with E-state index in [4.69, 9.17) is 28.3 Å². The van der Waals surface area contributed by atoms with Crippen LogP contribution in [-0.4, -0.2) is 22.1 Å². The highest BCUT2D eigenvalue weighted by molar-refractivity contribution is 6.44. The van der Waals surface area contributed by atoms with Crippen LogP contribution in [0.3, 0.4) is 0 Å². The van der Waals surface area contributed by atoms with Gasteiger partial charge in [-0.3, -0.25) is 10.1 Å². The molecule has 0 bridgehead atoms. The summed E-state index contributed by atoms with van der Waals surface area (Å²) in [6.45, 7) is 6.10. The van der Waals surface area contributed by atoms with E-state index in [0.29, 0.717) is 27.8 Å². The average molecular weight is 481 g/mol. The summed E-state index contributed by atoms with van der Waals surface area (Å²) in [5.41, 5.74) is 2.09. The number of halogens is 2. The molecule has 168 valence electrons. The number of rotatable bonds is 4. The quantitative estimate of drug-likeness (QED) is 0.306. The molecule has 0 aliphatic heterocycles. The number of nitrogens with zero attached hydrogens (tertiary/aromatic N) is 2. The first-order valence-corrected chi connectivity index (χ1v) is 11.0. The number of hydrogen-bond acceptors (Lipinski definition) is 3. The highest BCUT2D eigenvalue weighted by Gasteiger charge is 2.22. The average Bonchev–Trinajstić information content (AvgIpc) is 3.20. The summed E-state index contributed by atoms with van der Waals surface area (Å²) >= 11 is 12.2. The Morgan fingerprint density at radius 1 is 1.00 bits per heavy atom. The van der Waals surface area contributed by atoms with Crippen LogP contribution in [0.15, 0.2) is 60.7 Å². The first-order chi connectivity index (χ1) is 15.7. The third kappa shape index (κ3) is 4.72. The van der Waals surface area contributed by atoms with Crippen molar-refractivity contribution in [1.29, 1.82) is 0 Å². The van der Waals surface area contributed by atoms with Crippen molar-refractivity contribution in [3.05, 3.63) is 82.0 Å². The molecule has 33 heavy (non-hydrogen) atoms. The molecule has 0 aliphatic rings. The van der Waals surface area contributed by atoms with Crippen molar-refractivity contribution in [2.24, 2.45) is 0 Å². The van der Waals surface area contributed by atoms with Gasteiger partial charge in [0.2, 0.25) is 0 Å². The number of amides is 2. The number of anilines is 2. The van der Waals surface area contributed by atoms with Crippen molar-refractivity contribution in [3.63, 3.8) is 0 Å². The van der Waals surface area contributed by atoms with E-state index < -0.39 is 6.03 Å². The molecule has 1 aromatic heterocycles. The number of aldehydes is 1. The predicted molar refractivity (Wildman–Crippen MR) is 134 cm³/mol. The minimum Gasteiger partial charge on any atom is -0.306 e. The Morgan fingerprint density at radius 2 is 1.76 bits per heavy atom. The zero-order valence-corrected chi connectivity index (χ0v) is 19.8. The van der Waals surface area contributed by atoms with E-state index in [2.05, 4.69) is 10.6 Å². The second-order valence-electron chi connectivity index (χ2n) is 8.63. The van der Waals surface area contributed by atoms with Crippen LogP contribution in [0.5, 0.6) is 0 Å². The first-order valence-electron chi connectivity index (χ1n) is 10.3. The lowest BCUT2D eigenvalue weighted by Crippen LogP contribution is -2.21. The Kier molecular flexibility index (Phi) is 6.15. The summed E-state index contributed by atoms with van der Waals surface area (Å²) in [5, 5.41) is 12.6. The third-order valence-electron chi connectivity index (χ3n) is 5.17. The van der Waals surface area contributed by atoms with Crippen molar-refractivity contribution >= 4 is 57.8 Å². The number of hydrogen-bond donors (Lipinski definition) is 2. The van der Waals surface area contributed by atoms with E-state index >= 15 is 0 Å². The molecule has 0 radical (unpaired) electrons. The highest BCUT2D eigenvalue weighted by Crippen LogP contribution is 2.31. The van der Waals surface area contributed by atoms with Crippen molar-refractivity contribution in [2.75, 3.05) is 10.6 Å². The molecule has 0 unspecified atom stereocenters. The lowest BCUT2D eigenvalue weighted by molar-refractivity contribution is 0.112. The van der Waals surface area contributed by atoms with Gasteiger partial charge in [0.25, 0.3) is 0 Å². The number of fused-ring (bicyclic) bond motifs is 1. The van der Waals surface area contributed by atoms with Crippen molar-refractivity contribution < 1.29 is 9.59 Å². The van der Waals surface area contributed by atoms with Gasteiger partial charge in [0.1, 0.15) is 5.82 Å². The van der Waals surface area contributed by atoms with Crippen LogP contribution in [0, 0.1) is 0 Å². The summed E-state index contributed by atoms with van der Waals surface area (Å²) in [5.74, 6) is 0.447. The molecule has 0 spiro atoms. The maximum Gasteiger partial charge on any atom is 0.324 e. The standard InChI is InChI=1S/C25H22Cl2N4O2/c1-25(2,3)21-13-22(29-24(33)28-20-10-6-9-19(26)23(20)27)31(30-21)17-11-15-7-4-5-8-18(15)16(12-17)14-32/h4-14H,1-3H3,(H2,28,29,33). The minimum absolute atomic E-state index is 0.253. The highest BCUT2D eigenvalue weighted by atomic mass is 35.5. The van der Waals surface area contributed by atoms with Gasteiger partial charge >= 0.3 is 6.03 Å². The van der Waals surface area contributed by atoms with Gasteiger partial charge in [-0.15, -0.1) is 0 Å².